The summed E-state index contributed by atoms with van der Waals surface area (Å²) in [6.07, 6.45) is 13.0. The zero-order valence-corrected chi connectivity index (χ0v) is 27.8. The quantitative estimate of drug-likeness (QED) is 0.0765. The maximum Gasteiger partial charge on any atom is 0.306 e. The van der Waals surface area contributed by atoms with Gasteiger partial charge in [0.05, 0.1) is 0 Å². The maximum absolute atomic E-state index is 13.6. The fourth-order valence-electron chi connectivity index (χ4n) is 7.16. The number of halogens is 6. The number of carbonyl (C=O) groups is 2. The van der Waals surface area contributed by atoms with Crippen LogP contribution in [0.3, 0.4) is 0 Å². The van der Waals surface area contributed by atoms with Crippen molar-refractivity contribution in [3.63, 3.8) is 0 Å². The topological polar surface area (TPSA) is 52.6 Å². The second-order valence-corrected chi connectivity index (χ2v) is 13.8. The van der Waals surface area contributed by atoms with E-state index >= 15 is 0 Å². The van der Waals surface area contributed by atoms with Crippen molar-refractivity contribution >= 4 is 11.9 Å². The zero-order chi connectivity index (χ0) is 34.6. The number of carbonyl (C=O) groups excluding carboxylic acids is 2. The minimum Gasteiger partial charge on any atom is -0.462 e. The number of hydrogen-bond donors (Lipinski definition) is 0. The van der Waals surface area contributed by atoms with Crippen molar-refractivity contribution in [3.8, 4) is 0 Å². The van der Waals surface area contributed by atoms with Gasteiger partial charge in [0, 0.05) is 12.8 Å². The average molecular weight is 683 g/mol. The van der Waals surface area contributed by atoms with Crippen LogP contribution in [0.2, 0.25) is 0 Å². The van der Waals surface area contributed by atoms with Crippen LogP contribution >= 0.6 is 0 Å². The number of hydrogen-bond acceptors (Lipinski definition) is 4. The molecule has 0 bridgehead atoms. The largest absolute Gasteiger partial charge is 0.462 e. The van der Waals surface area contributed by atoms with Gasteiger partial charge in [0.25, 0.3) is 0 Å². The average Bonchev–Trinajstić information content (AvgIpc) is 3.06. The highest BCUT2D eigenvalue weighted by molar-refractivity contribution is 5.69. The number of esters is 2. The Balaban J connectivity index is 0.968. The van der Waals surface area contributed by atoms with E-state index in [2.05, 4.69) is 6.92 Å². The summed E-state index contributed by atoms with van der Waals surface area (Å²) in [4.78, 5) is 24.6. The molecule has 48 heavy (non-hydrogen) atoms. The van der Waals surface area contributed by atoms with Gasteiger partial charge in [-0.1, -0.05) is 45.4 Å². The molecule has 0 aromatic heterocycles. The molecule has 4 rings (SSSR count). The summed E-state index contributed by atoms with van der Waals surface area (Å²) in [7, 11) is 0. The molecule has 2 saturated carbocycles. The van der Waals surface area contributed by atoms with Crippen molar-refractivity contribution in [2.24, 2.45) is 5.92 Å². The summed E-state index contributed by atoms with van der Waals surface area (Å²) in [5, 5.41) is 0. The lowest BCUT2D eigenvalue weighted by Gasteiger charge is -2.28. The van der Waals surface area contributed by atoms with Gasteiger partial charge in [-0.15, -0.1) is 0 Å². The Kier molecular flexibility index (Phi) is 14.7. The van der Waals surface area contributed by atoms with Gasteiger partial charge < -0.3 is 9.47 Å². The van der Waals surface area contributed by atoms with Crippen molar-refractivity contribution in [1.82, 2.24) is 0 Å². The Morgan fingerprint density at radius 1 is 0.562 bits per heavy atom. The van der Waals surface area contributed by atoms with E-state index in [4.69, 9.17) is 9.47 Å². The van der Waals surface area contributed by atoms with Crippen LogP contribution in [0.4, 0.5) is 26.3 Å². The fraction of sp³-hybridized carbons (Fsp3) is 0.632. The summed E-state index contributed by atoms with van der Waals surface area (Å²) in [6, 6.07) is 4.23. The standard InChI is InChI=1S/C38H48F6O4/c1-24(8-4-2-6-10-35(45)47-29-16-12-25(13-17-29)27-20-31(39)37(43)32(40)21-27)9-5-3-7-11-36(46)48-30-18-14-26(15-19-30)28-22-33(41)38(44)34(42)23-28/h20-26,29-30H,2-19H2,1H3. The first kappa shape index (κ1) is 37.8. The molecule has 266 valence electrons. The predicted molar refractivity (Wildman–Crippen MR) is 170 cm³/mol. The van der Waals surface area contributed by atoms with Crippen LogP contribution in [0, 0.1) is 40.8 Å². The predicted octanol–water partition coefficient (Wildman–Crippen LogP) is 10.9. The van der Waals surface area contributed by atoms with Crippen LogP contribution in [0.25, 0.3) is 0 Å². The van der Waals surface area contributed by atoms with Crippen molar-refractivity contribution in [2.75, 3.05) is 0 Å². The molecule has 0 atom stereocenters. The first-order valence-corrected chi connectivity index (χ1v) is 17.7. The molecule has 0 unspecified atom stereocenters. The third kappa shape index (κ3) is 11.5. The Morgan fingerprint density at radius 2 is 0.896 bits per heavy atom. The highest BCUT2D eigenvalue weighted by atomic mass is 19.2. The second kappa shape index (κ2) is 18.6. The van der Waals surface area contributed by atoms with E-state index in [-0.39, 0.29) is 36.0 Å². The lowest BCUT2D eigenvalue weighted by atomic mass is 9.82. The Bertz CT molecular complexity index is 1200. The van der Waals surface area contributed by atoms with Crippen molar-refractivity contribution in [3.05, 3.63) is 70.3 Å². The smallest absolute Gasteiger partial charge is 0.306 e. The van der Waals surface area contributed by atoms with Crippen molar-refractivity contribution < 1.29 is 45.4 Å². The molecule has 0 heterocycles. The molecule has 0 N–H and O–H groups in total. The molecular formula is C38H48F6O4. The number of benzene rings is 2. The third-order valence-corrected chi connectivity index (χ3v) is 10.1. The summed E-state index contributed by atoms with van der Waals surface area (Å²) in [5.74, 6) is -7.64. The van der Waals surface area contributed by atoms with E-state index in [9.17, 15) is 35.9 Å². The first-order chi connectivity index (χ1) is 23.0. The Labute approximate surface area is 280 Å². The Morgan fingerprint density at radius 3 is 1.23 bits per heavy atom. The summed E-state index contributed by atoms with van der Waals surface area (Å²) < 4.78 is 92.0. The lowest BCUT2D eigenvalue weighted by Crippen LogP contribution is -2.24. The van der Waals surface area contributed by atoms with Gasteiger partial charge in [-0.3, -0.25) is 9.59 Å². The van der Waals surface area contributed by atoms with E-state index in [0.717, 1.165) is 75.6 Å². The van der Waals surface area contributed by atoms with Crippen LogP contribution < -0.4 is 0 Å². The number of rotatable bonds is 16. The van der Waals surface area contributed by atoms with Crippen LogP contribution in [-0.4, -0.2) is 24.1 Å². The van der Waals surface area contributed by atoms with E-state index in [1.54, 1.807) is 0 Å². The fourth-order valence-corrected chi connectivity index (χ4v) is 7.16. The van der Waals surface area contributed by atoms with Gasteiger partial charge in [0.1, 0.15) is 12.2 Å². The summed E-state index contributed by atoms with van der Waals surface area (Å²) in [5.41, 5.74) is 0.896. The van der Waals surface area contributed by atoms with Gasteiger partial charge in [-0.05, 0) is 117 Å². The van der Waals surface area contributed by atoms with Gasteiger partial charge in [0.2, 0.25) is 0 Å². The highest BCUT2D eigenvalue weighted by Gasteiger charge is 2.28. The molecule has 2 aliphatic carbocycles. The molecule has 0 spiro atoms. The van der Waals surface area contributed by atoms with Crippen LogP contribution in [0.15, 0.2) is 24.3 Å². The molecule has 2 fully saturated rings. The normalized spacial score (nSPS) is 21.9. The third-order valence-electron chi connectivity index (χ3n) is 10.1. The van der Waals surface area contributed by atoms with Gasteiger partial charge in [-0.25, -0.2) is 26.3 Å². The van der Waals surface area contributed by atoms with E-state index in [1.165, 1.54) is 0 Å². The molecule has 0 aliphatic heterocycles. The van der Waals surface area contributed by atoms with Crippen LogP contribution in [0.1, 0.15) is 145 Å². The lowest BCUT2D eigenvalue weighted by molar-refractivity contribution is -0.151. The molecular weight excluding hydrogens is 634 g/mol. The number of ether oxygens (including phenoxy) is 2. The molecule has 2 aromatic rings. The molecule has 4 nitrogen and oxygen atoms in total. The maximum atomic E-state index is 13.6. The van der Waals surface area contributed by atoms with E-state index in [0.29, 0.717) is 81.3 Å². The summed E-state index contributed by atoms with van der Waals surface area (Å²) >= 11 is 0. The van der Waals surface area contributed by atoms with E-state index in [1.807, 2.05) is 0 Å². The molecule has 0 amide bonds. The molecule has 10 heteroatoms. The first-order valence-electron chi connectivity index (χ1n) is 17.7. The van der Waals surface area contributed by atoms with Crippen molar-refractivity contribution in [1.29, 1.82) is 0 Å². The second-order valence-electron chi connectivity index (χ2n) is 13.8. The molecule has 2 aromatic carbocycles. The minimum absolute atomic E-state index is 0.0776. The monoisotopic (exact) mass is 682 g/mol. The van der Waals surface area contributed by atoms with Crippen LogP contribution in [0.5, 0.6) is 0 Å². The van der Waals surface area contributed by atoms with Gasteiger partial charge in [-0.2, -0.15) is 0 Å². The van der Waals surface area contributed by atoms with Gasteiger partial charge >= 0.3 is 11.9 Å². The van der Waals surface area contributed by atoms with Crippen LogP contribution in [-0.2, 0) is 19.1 Å². The Hall–Kier alpha value is -3.04. The SMILES string of the molecule is CC(CCCCCC(=O)OC1CCC(c2cc(F)c(F)c(F)c2)CC1)CCCCCC(=O)OC1CCC(c2cc(F)c(F)c(F)c2)CC1. The summed E-state index contributed by atoms with van der Waals surface area (Å²) in [6.45, 7) is 2.22. The highest BCUT2D eigenvalue weighted by Crippen LogP contribution is 2.36. The minimum atomic E-state index is -1.45. The van der Waals surface area contributed by atoms with Crippen molar-refractivity contribution in [2.45, 2.75) is 147 Å². The number of unbranched alkanes of at least 4 members (excludes halogenated alkanes) is 4. The van der Waals surface area contributed by atoms with Gasteiger partial charge in [0.15, 0.2) is 34.9 Å². The molecule has 0 saturated heterocycles. The molecule has 0 radical (unpaired) electrons. The zero-order valence-electron chi connectivity index (χ0n) is 27.8. The van der Waals surface area contributed by atoms with E-state index < -0.39 is 34.9 Å². The molecule has 2 aliphatic rings.